The smallest absolute Gasteiger partial charge is 0.237 e. The Hall–Kier alpha value is -3.14. The van der Waals surface area contributed by atoms with E-state index in [9.17, 15) is 9.59 Å². The predicted octanol–water partition coefficient (Wildman–Crippen LogP) is 2.83. The fourth-order valence-corrected chi connectivity index (χ4v) is 3.47. The molecule has 4 rings (SSSR count). The van der Waals surface area contributed by atoms with Crippen molar-refractivity contribution < 1.29 is 9.59 Å². The van der Waals surface area contributed by atoms with Gasteiger partial charge in [-0.15, -0.1) is 0 Å². The van der Waals surface area contributed by atoms with E-state index >= 15 is 0 Å². The Kier molecular flexibility index (Phi) is 4.63. The van der Waals surface area contributed by atoms with E-state index in [-0.39, 0.29) is 24.2 Å². The molecule has 1 fully saturated rings. The summed E-state index contributed by atoms with van der Waals surface area (Å²) in [4.78, 5) is 33.5. The molecule has 7 nitrogen and oxygen atoms in total. The molecule has 7 heteroatoms. The second kappa shape index (κ2) is 7.23. The van der Waals surface area contributed by atoms with Gasteiger partial charge in [-0.1, -0.05) is 6.08 Å². The number of H-pyrrole nitrogens is 1. The van der Waals surface area contributed by atoms with E-state index in [4.69, 9.17) is 5.26 Å². The SMILES string of the molecule is N#CCC(=O)N1CC=C(c2cc(NC(=O)C3CC3)nc3[nH]ccc23)CCC1. The zero-order valence-electron chi connectivity index (χ0n) is 15.0. The molecule has 2 aromatic rings. The molecule has 1 aliphatic heterocycles. The third-order valence-electron chi connectivity index (χ3n) is 5.09. The third-order valence-corrected chi connectivity index (χ3v) is 5.09. The van der Waals surface area contributed by atoms with Crippen LogP contribution in [0.15, 0.2) is 24.4 Å². The molecule has 0 aromatic carbocycles. The van der Waals surface area contributed by atoms with Crippen LogP contribution >= 0.6 is 0 Å². The van der Waals surface area contributed by atoms with Gasteiger partial charge in [0.25, 0.3) is 0 Å². The predicted molar refractivity (Wildman–Crippen MR) is 101 cm³/mol. The molecule has 2 aliphatic rings. The first-order valence-electron chi connectivity index (χ1n) is 9.29. The van der Waals surface area contributed by atoms with Crippen molar-refractivity contribution in [2.75, 3.05) is 18.4 Å². The van der Waals surface area contributed by atoms with Crippen LogP contribution in [0.3, 0.4) is 0 Å². The van der Waals surface area contributed by atoms with Gasteiger partial charge < -0.3 is 15.2 Å². The summed E-state index contributed by atoms with van der Waals surface area (Å²) in [7, 11) is 0. The molecule has 1 saturated carbocycles. The summed E-state index contributed by atoms with van der Waals surface area (Å²) in [6, 6.07) is 5.83. The Labute approximate surface area is 157 Å². The molecule has 1 aliphatic carbocycles. The van der Waals surface area contributed by atoms with Crippen molar-refractivity contribution in [1.82, 2.24) is 14.9 Å². The Balaban J connectivity index is 1.63. The summed E-state index contributed by atoms with van der Waals surface area (Å²) < 4.78 is 0. The number of nitriles is 1. The van der Waals surface area contributed by atoms with Gasteiger partial charge in [0, 0.05) is 30.6 Å². The van der Waals surface area contributed by atoms with E-state index in [0.29, 0.717) is 18.9 Å². The number of rotatable bonds is 4. The molecular weight excluding hydrogens is 342 g/mol. The second-order valence-corrected chi connectivity index (χ2v) is 7.07. The topological polar surface area (TPSA) is 102 Å². The number of pyridine rings is 1. The van der Waals surface area contributed by atoms with Crippen molar-refractivity contribution in [2.45, 2.75) is 32.1 Å². The minimum Gasteiger partial charge on any atom is -0.346 e. The van der Waals surface area contributed by atoms with Gasteiger partial charge in [-0.25, -0.2) is 4.98 Å². The molecule has 138 valence electrons. The fraction of sp³-hybridized carbons (Fsp3) is 0.400. The Morgan fingerprint density at radius 1 is 1.41 bits per heavy atom. The molecule has 0 spiro atoms. The zero-order valence-corrected chi connectivity index (χ0v) is 15.0. The highest BCUT2D eigenvalue weighted by Gasteiger charge is 2.30. The molecule has 3 heterocycles. The Morgan fingerprint density at radius 2 is 2.26 bits per heavy atom. The number of carbonyl (C=O) groups excluding carboxylic acids is 2. The lowest BCUT2D eigenvalue weighted by Crippen LogP contribution is -2.30. The maximum atomic E-state index is 12.1. The van der Waals surface area contributed by atoms with Crippen molar-refractivity contribution in [3.05, 3.63) is 30.0 Å². The van der Waals surface area contributed by atoms with E-state index < -0.39 is 0 Å². The number of hydrogen-bond donors (Lipinski definition) is 2. The second-order valence-electron chi connectivity index (χ2n) is 7.07. The molecule has 2 N–H and O–H groups in total. The van der Waals surface area contributed by atoms with Crippen LogP contribution < -0.4 is 5.32 Å². The van der Waals surface area contributed by atoms with Gasteiger partial charge in [-0.2, -0.15) is 5.26 Å². The van der Waals surface area contributed by atoms with Crippen molar-refractivity contribution in [1.29, 1.82) is 5.26 Å². The van der Waals surface area contributed by atoms with Crippen LogP contribution in [0.2, 0.25) is 0 Å². The van der Waals surface area contributed by atoms with Crippen LogP contribution in [0.4, 0.5) is 5.82 Å². The number of anilines is 1. The minimum absolute atomic E-state index is 0.0301. The lowest BCUT2D eigenvalue weighted by atomic mass is 9.99. The first-order valence-corrected chi connectivity index (χ1v) is 9.29. The lowest BCUT2D eigenvalue weighted by Gasteiger charge is -2.17. The third kappa shape index (κ3) is 3.70. The normalized spacial score (nSPS) is 17.1. The maximum Gasteiger partial charge on any atom is 0.237 e. The summed E-state index contributed by atoms with van der Waals surface area (Å²) in [5.41, 5.74) is 2.90. The highest BCUT2D eigenvalue weighted by Crippen LogP contribution is 2.33. The highest BCUT2D eigenvalue weighted by molar-refractivity contribution is 5.97. The standard InChI is InChI=1S/C20H21N5O2/c21-8-5-18(26)25-10-1-2-13(7-11-25)16-12-17(24-20(27)14-3-4-14)23-19-15(16)6-9-22-19/h6-7,9,12,14H,1-5,10-11H2,(H2,22,23,24,27). The fourth-order valence-electron chi connectivity index (χ4n) is 3.47. The first-order chi connectivity index (χ1) is 13.2. The van der Waals surface area contributed by atoms with Gasteiger partial charge >= 0.3 is 0 Å². The Morgan fingerprint density at radius 3 is 3.04 bits per heavy atom. The van der Waals surface area contributed by atoms with Crippen molar-refractivity contribution in [3.8, 4) is 6.07 Å². The number of nitrogens with one attached hydrogen (secondary N) is 2. The highest BCUT2D eigenvalue weighted by atomic mass is 16.2. The van der Waals surface area contributed by atoms with Gasteiger partial charge in [0.05, 0.1) is 6.07 Å². The van der Waals surface area contributed by atoms with Crippen molar-refractivity contribution in [3.63, 3.8) is 0 Å². The molecule has 0 unspecified atom stereocenters. The van der Waals surface area contributed by atoms with E-state index in [2.05, 4.69) is 21.4 Å². The number of carbonyl (C=O) groups is 2. The lowest BCUT2D eigenvalue weighted by molar-refractivity contribution is -0.129. The monoisotopic (exact) mass is 363 g/mol. The largest absolute Gasteiger partial charge is 0.346 e. The summed E-state index contributed by atoms with van der Waals surface area (Å²) in [5, 5.41) is 12.7. The molecule has 0 atom stereocenters. The van der Waals surface area contributed by atoms with E-state index in [1.165, 1.54) is 0 Å². The molecule has 0 radical (unpaired) electrons. The number of nitrogens with zero attached hydrogens (tertiary/aromatic N) is 3. The van der Waals surface area contributed by atoms with E-state index in [1.807, 2.05) is 24.4 Å². The maximum absolute atomic E-state index is 12.1. The number of hydrogen-bond acceptors (Lipinski definition) is 4. The quantitative estimate of drug-likeness (QED) is 0.872. The molecular formula is C20H21N5O2. The van der Waals surface area contributed by atoms with Crippen LogP contribution in [-0.2, 0) is 9.59 Å². The van der Waals surface area contributed by atoms with Crippen LogP contribution in [0.5, 0.6) is 0 Å². The molecule has 0 bridgehead atoms. The number of amides is 2. The van der Waals surface area contributed by atoms with Crippen molar-refractivity contribution >= 4 is 34.2 Å². The average Bonchev–Trinajstić information content (AvgIpc) is 3.44. The van der Waals surface area contributed by atoms with E-state index in [1.54, 1.807) is 4.90 Å². The minimum atomic E-state index is -0.131. The summed E-state index contributed by atoms with van der Waals surface area (Å²) >= 11 is 0. The van der Waals surface area contributed by atoms with Gasteiger partial charge in [-0.05, 0) is 49.0 Å². The van der Waals surface area contributed by atoms with Crippen LogP contribution in [0, 0.1) is 17.2 Å². The van der Waals surface area contributed by atoms with Crippen LogP contribution in [-0.4, -0.2) is 39.8 Å². The van der Waals surface area contributed by atoms with E-state index in [0.717, 1.165) is 47.9 Å². The van der Waals surface area contributed by atoms with Crippen LogP contribution in [0.25, 0.3) is 16.6 Å². The number of aromatic nitrogens is 2. The van der Waals surface area contributed by atoms with Gasteiger partial charge in [0.2, 0.25) is 11.8 Å². The number of fused-ring (bicyclic) bond motifs is 1. The van der Waals surface area contributed by atoms with Gasteiger partial charge in [0.1, 0.15) is 17.9 Å². The molecule has 2 aromatic heterocycles. The Bertz CT molecular complexity index is 964. The van der Waals surface area contributed by atoms with Crippen LogP contribution in [0.1, 0.15) is 37.7 Å². The first kappa shape index (κ1) is 17.3. The summed E-state index contributed by atoms with van der Waals surface area (Å²) in [6.07, 6.45) is 7.36. The zero-order chi connectivity index (χ0) is 18.8. The van der Waals surface area contributed by atoms with Gasteiger partial charge in [-0.3, -0.25) is 9.59 Å². The average molecular weight is 363 g/mol. The van der Waals surface area contributed by atoms with Crippen molar-refractivity contribution in [2.24, 2.45) is 5.92 Å². The number of aromatic amines is 1. The summed E-state index contributed by atoms with van der Waals surface area (Å²) in [6.45, 7) is 1.14. The summed E-state index contributed by atoms with van der Waals surface area (Å²) in [5.74, 6) is 0.571. The molecule has 2 amide bonds. The van der Waals surface area contributed by atoms with Gasteiger partial charge in [0.15, 0.2) is 0 Å². The molecule has 27 heavy (non-hydrogen) atoms. The number of allylic oxidation sites excluding steroid dienone is 1. The molecule has 0 saturated heterocycles.